The highest BCUT2D eigenvalue weighted by Crippen LogP contribution is 2.38. The number of benzene rings is 1. The summed E-state index contributed by atoms with van der Waals surface area (Å²) in [6.45, 7) is 0. The Morgan fingerprint density at radius 3 is 2.62 bits per heavy atom. The van der Waals surface area contributed by atoms with Gasteiger partial charge in [0.25, 0.3) is 0 Å². The molecule has 4 rings (SSSR count). The molecule has 0 saturated heterocycles. The smallest absolute Gasteiger partial charge is 0.235 e. The monoisotopic (exact) mass is 464 g/mol. The Morgan fingerprint density at radius 2 is 1.91 bits per heavy atom. The van der Waals surface area contributed by atoms with E-state index in [0.717, 1.165) is 36.6 Å². The van der Waals surface area contributed by atoms with Crippen molar-refractivity contribution in [2.45, 2.75) is 30.7 Å². The Hall–Kier alpha value is -3.27. The van der Waals surface area contributed by atoms with Crippen molar-refractivity contribution in [3.63, 3.8) is 0 Å². The number of nitrogens with one attached hydrogen (secondary N) is 1. The van der Waals surface area contributed by atoms with Crippen LogP contribution in [0.1, 0.15) is 34.4 Å². The summed E-state index contributed by atoms with van der Waals surface area (Å²) in [7, 11) is 3.10. The maximum atomic E-state index is 12.6. The Labute approximate surface area is 194 Å². The molecule has 162 valence electrons. The third-order valence-corrected chi connectivity index (χ3v) is 7.48. The lowest BCUT2D eigenvalue weighted by Gasteiger charge is -2.10. The Morgan fingerprint density at radius 1 is 1.16 bits per heavy atom. The number of rotatable bonds is 6. The summed E-state index contributed by atoms with van der Waals surface area (Å²) in [6, 6.07) is 9.64. The van der Waals surface area contributed by atoms with Crippen molar-refractivity contribution in [3.8, 4) is 23.6 Å². The molecule has 1 amide bonds. The summed E-state index contributed by atoms with van der Waals surface area (Å²) in [5.41, 5.74) is 2.69. The van der Waals surface area contributed by atoms with Crippen molar-refractivity contribution in [1.29, 1.82) is 10.5 Å². The van der Waals surface area contributed by atoms with Crippen molar-refractivity contribution in [3.05, 3.63) is 39.8 Å². The first-order valence-electron chi connectivity index (χ1n) is 10.0. The fourth-order valence-electron chi connectivity index (χ4n) is 3.74. The van der Waals surface area contributed by atoms with E-state index in [1.165, 1.54) is 28.0 Å². The van der Waals surface area contributed by atoms with Crippen LogP contribution in [0.4, 0.5) is 5.00 Å². The molecule has 0 unspecified atom stereocenters. The zero-order valence-electron chi connectivity index (χ0n) is 17.7. The van der Waals surface area contributed by atoms with Gasteiger partial charge in [-0.3, -0.25) is 4.79 Å². The van der Waals surface area contributed by atoms with Crippen LogP contribution >= 0.6 is 23.1 Å². The molecular weight excluding hydrogens is 444 g/mol. The fourth-order valence-corrected chi connectivity index (χ4v) is 5.76. The second kappa shape index (κ2) is 9.47. The topological polar surface area (TPSA) is 108 Å². The molecule has 1 N–H and O–H groups in total. The van der Waals surface area contributed by atoms with Gasteiger partial charge in [0.15, 0.2) is 11.5 Å². The first-order valence-corrected chi connectivity index (χ1v) is 11.8. The first kappa shape index (κ1) is 21.9. The predicted molar refractivity (Wildman–Crippen MR) is 125 cm³/mol. The maximum absolute atomic E-state index is 12.6. The molecule has 1 aromatic carbocycles. The summed E-state index contributed by atoms with van der Waals surface area (Å²) in [5, 5.41) is 23.9. The van der Waals surface area contributed by atoms with Crippen LogP contribution in [0.5, 0.6) is 11.5 Å². The number of pyridine rings is 1. The number of anilines is 1. The van der Waals surface area contributed by atoms with E-state index in [9.17, 15) is 15.3 Å². The molecule has 0 bridgehead atoms. The van der Waals surface area contributed by atoms with Gasteiger partial charge in [-0.25, -0.2) is 4.98 Å². The standard InChI is InChI=1S/C23H20N4O3S2/c1-29-18-8-13-7-14(10-24)22(26-17(13)9-19(18)30-2)31-12-21(28)27-23-16(11-25)15-5-3-4-6-20(15)32-23/h7-9H,3-6,12H2,1-2H3,(H,27,28). The van der Waals surface area contributed by atoms with Gasteiger partial charge in [-0.05, 0) is 43.4 Å². The van der Waals surface area contributed by atoms with E-state index in [0.29, 0.717) is 38.2 Å². The van der Waals surface area contributed by atoms with Crippen LogP contribution in [0.15, 0.2) is 23.2 Å². The predicted octanol–water partition coefficient (Wildman–Crippen LogP) is 4.67. The summed E-state index contributed by atoms with van der Waals surface area (Å²) in [6.07, 6.45) is 4.03. The molecule has 2 heterocycles. The number of amides is 1. The van der Waals surface area contributed by atoms with Gasteiger partial charge in [-0.1, -0.05) is 11.8 Å². The summed E-state index contributed by atoms with van der Waals surface area (Å²) >= 11 is 2.69. The molecule has 3 aromatic rings. The molecule has 7 nitrogen and oxygen atoms in total. The molecule has 0 fully saturated rings. The van der Waals surface area contributed by atoms with Crippen molar-refractivity contribution in [2.24, 2.45) is 0 Å². The van der Waals surface area contributed by atoms with Crippen molar-refractivity contribution in [1.82, 2.24) is 4.98 Å². The van der Waals surface area contributed by atoms with E-state index in [1.54, 1.807) is 32.4 Å². The zero-order chi connectivity index (χ0) is 22.7. The highest BCUT2D eigenvalue weighted by atomic mass is 32.2. The number of thiophene rings is 1. The van der Waals surface area contributed by atoms with Gasteiger partial charge in [0.2, 0.25) is 5.91 Å². The Bertz CT molecular complexity index is 1290. The largest absolute Gasteiger partial charge is 0.493 e. The lowest BCUT2D eigenvalue weighted by Crippen LogP contribution is -2.14. The third kappa shape index (κ3) is 4.22. The number of fused-ring (bicyclic) bond motifs is 2. The number of ether oxygens (including phenoxy) is 2. The number of methoxy groups -OCH3 is 2. The van der Waals surface area contributed by atoms with E-state index in [-0.39, 0.29) is 11.7 Å². The molecular formula is C23H20N4O3S2. The number of nitriles is 2. The molecule has 9 heteroatoms. The van der Waals surface area contributed by atoms with Crippen molar-refractivity contribution < 1.29 is 14.3 Å². The van der Waals surface area contributed by atoms with Crippen LogP contribution in [-0.4, -0.2) is 30.9 Å². The van der Waals surface area contributed by atoms with Crippen LogP contribution < -0.4 is 14.8 Å². The minimum Gasteiger partial charge on any atom is -0.493 e. The van der Waals surface area contributed by atoms with E-state index in [1.807, 2.05) is 0 Å². The van der Waals surface area contributed by atoms with Gasteiger partial charge in [0.05, 0.1) is 36.6 Å². The highest BCUT2D eigenvalue weighted by Gasteiger charge is 2.22. The molecule has 1 aliphatic rings. The zero-order valence-corrected chi connectivity index (χ0v) is 19.3. The maximum Gasteiger partial charge on any atom is 0.235 e. The normalized spacial score (nSPS) is 12.5. The number of thioether (sulfide) groups is 1. The average molecular weight is 465 g/mol. The second-order valence-corrected chi connectivity index (χ2v) is 9.29. The molecule has 32 heavy (non-hydrogen) atoms. The quantitative estimate of drug-likeness (QED) is 0.528. The number of hydrogen-bond acceptors (Lipinski definition) is 8. The SMILES string of the molecule is COc1cc2cc(C#N)c(SCC(=O)Nc3sc4c(c3C#N)CCCC4)nc2cc1OC. The number of carbonyl (C=O) groups excluding carboxylic acids is 1. The van der Waals surface area contributed by atoms with Gasteiger partial charge < -0.3 is 14.8 Å². The van der Waals surface area contributed by atoms with E-state index in [2.05, 4.69) is 22.4 Å². The number of aromatic nitrogens is 1. The Balaban J connectivity index is 1.54. The Kier molecular flexibility index (Phi) is 6.50. The minimum absolute atomic E-state index is 0.0773. The molecule has 2 aromatic heterocycles. The lowest BCUT2D eigenvalue weighted by molar-refractivity contribution is -0.113. The van der Waals surface area contributed by atoms with Gasteiger partial charge >= 0.3 is 0 Å². The first-order chi connectivity index (χ1) is 15.6. The number of carbonyl (C=O) groups is 1. The number of hydrogen-bond donors (Lipinski definition) is 1. The van der Waals surface area contributed by atoms with Gasteiger partial charge in [0, 0.05) is 16.3 Å². The van der Waals surface area contributed by atoms with Gasteiger partial charge in [0.1, 0.15) is 22.2 Å². The molecule has 0 atom stereocenters. The molecule has 0 radical (unpaired) electrons. The average Bonchev–Trinajstić information content (AvgIpc) is 3.17. The molecule has 0 aliphatic heterocycles. The second-order valence-electron chi connectivity index (χ2n) is 7.22. The lowest BCUT2D eigenvalue weighted by atomic mass is 9.96. The van der Waals surface area contributed by atoms with Crippen LogP contribution in [0.25, 0.3) is 10.9 Å². The van der Waals surface area contributed by atoms with E-state index >= 15 is 0 Å². The van der Waals surface area contributed by atoms with Crippen LogP contribution in [0.2, 0.25) is 0 Å². The van der Waals surface area contributed by atoms with Gasteiger partial charge in [-0.2, -0.15) is 10.5 Å². The van der Waals surface area contributed by atoms with Crippen LogP contribution in [-0.2, 0) is 17.6 Å². The fraction of sp³-hybridized carbons (Fsp3) is 0.304. The van der Waals surface area contributed by atoms with E-state index < -0.39 is 0 Å². The van der Waals surface area contributed by atoms with E-state index in [4.69, 9.17) is 9.47 Å². The highest BCUT2D eigenvalue weighted by molar-refractivity contribution is 8.00. The van der Waals surface area contributed by atoms with Crippen LogP contribution in [0.3, 0.4) is 0 Å². The van der Waals surface area contributed by atoms with Gasteiger partial charge in [-0.15, -0.1) is 11.3 Å². The summed E-state index contributed by atoms with van der Waals surface area (Å²) in [4.78, 5) is 18.4. The minimum atomic E-state index is -0.233. The van der Waals surface area contributed by atoms with Crippen LogP contribution in [0, 0.1) is 22.7 Å². The molecule has 0 spiro atoms. The summed E-state index contributed by atoms with van der Waals surface area (Å²) < 4.78 is 10.7. The number of aryl methyl sites for hydroxylation is 1. The molecule has 0 saturated carbocycles. The van der Waals surface area contributed by atoms with Crippen molar-refractivity contribution in [2.75, 3.05) is 25.3 Å². The third-order valence-electron chi connectivity index (χ3n) is 5.28. The van der Waals surface area contributed by atoms with Crippen molar-refractivity contribution >= 4 is 44.9 Å². The summed E-state index contributed by atoms with van der Waals surface area (Å²) in [5.74, 6) is 0.936. The molecule has 1 aliphatic carbocycles. The number of nitrogens with zero attached hydrogens (tertiary/aromatic N) is 3.